The Kier molecular flexibility index (Phi) is 3.20. The minimum Gasteiger partial charge on any atom is -0.491 e. The number of aryl methyl sites for hydroxylation is 1. The second kappa shape index (κ2) is 4.46. The summed E-state index contributed by atoms with van der Waals surface area (Å²) in [5.74, 6) is 1.04. The number of hydrogen-bond acceptors (Lipinski definition) is 2. The van der Waals surface area contributed by atoms with Crippen molar-refractivity contribution in [3.8, 4) is 5.75 Å². The van der Waals surface area contributed by atoms with Gasteiger partial charge in [0.05, 0.1) is 0 Å². The number of hydrogen-bond donors (Lipinski definition) is 1. The monoisotopic (exact) mass is 219 g/mol. The van der Waals surface area contributed by atoms with Crippen LogP contribution in [0.15, 0.2) is 18.2 Å². The fourth-order valence-corrected chi connectivity index (χ4v) is 2.15. The number of fused-ring (bicyclic) bond motifs is 1. The average Bonchev–Trinajstić information content (AvgIpc) is 2.25. The number of ether oxygens (including phenoxy) is 1. The lowest BCUT2D eigenvalue weighted by atomic mass is 9.91. The van der Waals surface area contributed by atoms with Gasteiger partial charge >= 0.3 is 0 Å². The van der Waals surface area contributed by atoms with Crippen LogP contribution in [-0.4, -0.2) is 12.1 Å². The van der Waals surface area contributed by atoms with Crippen LogP contribution in [0.3, 0.4) is 0 Å². The minimum absolute atomic E-state index is 0.266. The summed E-state index contributed by atoms with van der Waals surface area (Å²) in [6.07, 6.45) is 4.92. The van der Waals surface area contributed by atoms with Crippen molar-refractivity contribution in [1.29, 1.82) is 0 Å². The Hall–Kier alpha value is -1.02. The summed E-state index contributed by atoms with van der Waals surface area (Å²) in [4.78, 5) is 0. The molecular formula is C14H21NO. The average molecular weight is 219 g/mol. The molecule has 0 aliphatic heterocycles. The number of rotatable bonds is 3. The Morgan fingerprint density at radius 3 is 2.75 bits per heavy atom. The van der Waals surface area contributed by atoms with E-state index in [0.29, 0.717) is 6.61 Å². The van der Waals surface area contributed by atoms with Gasteiger partial charge in [-0.25, -0.2) is 0 Å². The van der Waals surface area contributed by atoms with E-state index in [4.69, 9.17) is 10.5 Å². The Balaban J connectivity index is 2.15. The molecule has 1 aromatic rings. The topological polar surface area (TPSA) is 35.2 Å². The molecular weight excluding hydrogens is 198 g/mol. The smallest absolute Gasteiger partial charge is 0.122 e. The molecule has 0 aromatic heterocycles. The minimum atomic E-state index is -0.266. The molecule has 0 bridgehead atoms. The van der Waals surface area contributed by atoms with Gasteiger partial charge in [0.15, 0.2) is 0 Å². The molecule has 1 aliphatic carbocycles. The lowest BCUT2D eigenvalue weighted by Crippen LogP contribution is -2.38. The fraction of sp³-hybridized carbons (Fsp3) is 0.571. The van der Waals surface area contributed by atoms with Crippen LogP contribution in [0.2, 0.25) is 0 Å². The van der Waals surface area contributed by atoms with E-state index in [-0.39, 0.29) is 5.54 Å². The molecule has 0 fully saturated rings. The van der Waals surface area contributed by atoms with Gasteiger partial charge in [0.2, 0.25) is 0 Å². The molecule has 0 unspecified atom stereocenters. The van der Waals surface area contributed by atoms with Gasteiger partial charge in [0.25, 0.3) is 0 Å². The van der Waals surface area contributed by atoms with Gasteiger partial charge in [-0.05, 0) is 56.7 Å². The van der Waals surface area contributed by atoms with E-state index in [1.165, 1.54) is 30.4 Å². The van der Waals surface area contributed by atoms with Gasteiger partial charge in [-0.1, -0.05) is 12.1 Å². The molecule has 1 aliphatic rings. The van der Waals surface area contributed by atoms with E-state index < -0.39 is 0 Å². The zero-order valence-corrected chi connectivity index (χ0v) is 10.3. The van der Waals surface area contributed by atoms with E-state index in [9.17, 15) is 0 Å². The third kappa shape index (κ3) is 2.76. The Morgan fingerprint density at radius 1 is 1.25 bits per heavy atom. The standard InChI is InChI=1S/C14H21NO/c1-14(2,15)10-16-13-9-5-7-11-6-3-4-8-12(11)13/h5,7,9H,3-4,6,8,10,15H2,1-2H3. The molecule has 0 atom stereocenters. The fourth-order valence-electron chi connectivity index (χ4n) is 2.15. The van der Waals surface area contributed by atoms with Crippen LogP contribution in [0.25, 0.3) is 0 Å². The molecule has 2 rings (SSSR count). The predicted molar refractivity (Wildman–Crippen MR) is 66.8 cm³/mol. The van der Waals surface area contributed by atoms with Crippen molar-refractivity contribution in [3.05, 3.63) is 29.3 Å². The highest BCUT2D eigenvalue weighted by Gasteiger charge is 2.16. The molecule has 2 heteroatoms. The molecule has 0 heterocycles. The zero-order valence-electron chi connectivity index (χ0n) is 10.3. The van der Waals surface area contributed by atoms with Crippen molar-refractivity contribution in [1.82, 2.24) is 0 Å². The van der Waals surface area contributed by atoms with Crippen molar-refractivity contribution in [3.63, 3.8) is 0 Å². The third-order valence-electron chi connectivity index (χ3n) is 2.95. The molecule has 1 aromatic carbocycles. The zero-order chi connectivity index (χ0) is 11.6. The molecule has 2 nitrogen and oxygen atoms in total. The molecule has 16 heavy (non-hydrogen) atoms. The van der Waals surface area contributed by atoms with Crippen LogP contribution in [0.5, 0.6) is 5.75 Å². The highest BCUT2D eigenvalue weighted by atomic mass is 16.5. The summed E-state index contributed by atoms with van der Waals surface area (Å²) < 4.78 is 5.84. The van der Waals surface area contributed by atoms with Gasteiger partial charge in [-0.15, -0.1) is 0 Å². The van der Waals surface area contributed by atoms with Crippen molar-refractivity contribution in [2.75, 3.05) is 6.61 Å². The Morgan fingerprint density at radius 2 is 2.00 bits per heavy atom. The van der Waals surface area contributed by atoms with Crippen molar-refractivity contribution in [2.24, 2.45) is 5.73 Å². The highest BCUT2D eigenvalue weighted by molar-refractivity contribution is 5.41. The van der Waals surface area contributed by atoms with E-state index in [0.717, 1.165) is 12.2 Å². The lowest BCUT2D eigenvalue weighted by molar-refractivity contribution is 0.240. The van der Waals surface area contributed by atoms with Crippen molar-refractivity contribution in [2.45, 2.75) is 45.1 Å². The molecule has 0 saturated carbocycles. The third-order valence-corrected chi connectivity index (χ3v) is 2.95. The molecule has 0 amide bonds. The summed E-state index contributed by atoms with van der Waals surface area (Å²) in [6, 6.07) is 6.37. The maximum Gasteiger partial charge on any atom is 0.122 e. The summed E-state index contributed by atoms with van der Waals surface area (Å²) in [5, 5.41) is 0. The summed E-state index contributed by atoms with van der Waals surface area (Å²) in [6.45, 7) is 4.55. The lowest BCUT2D eigenvalue weighted by Gasteiger charge is -2.23. The first-order chi connectivity index (χ1) is 7.56. The number of nitrogens with two attached hydrogens (primary N) is 1. The second-order valence-electron chi connectivity index (χ2n) is 5.38. The summed E-state index contributed by atoms with van der Waals surface area (Å²) in [7, 11) is 0. The summed E-state index contributed by atoms with van der Waals surface area (Å²) in [5.41, 5.74) is 8.53. The second-order valence-corrected chi connectivity index (χ2v) is 5.38. The van der Waals surface area contributed by atoms with E-state index in [1.807, 2.05) is 13.8 Å². The highest BCUT2D eigenvalue weighted by Crippen LogP contribution is 2.29. The van der Waals surface area contributed by atoms with Crippen LogP contribution in [0, 0.1) is 0 Å². The molecule has 0 spiro atoms. The van der Waals surface area contributed by atoms with Gasteiger partial charge in [-0.3, -0.25) is 0 Å². The van der Waals surface area contributed by atoms with E-state index in [1.54, 1.807) is 0 Å². The first kappa shape index (κ1) is 11.5. The molecule has 0 saturated heterocycles. The SMILES string of the molecule is CC(C)(N)COc1cccc2c1CCCC2. The van der Waals surface area contributed by atoms with E-state index >= 15 is 0 Å². The molecule has 88 valence electrons. The van der Waals surface area contributed by atoms with Crippen molar-refractivity contribution >= 4 is 0 Å². The molecule has 0 radical (unpaired) electrons. The molecule has 2 N–H and O–H groups in total. The van der Waals surface area contributed by atoms with Crippen LogP contribution >= 0.6 is 0 Å². The van der Waals surface area contributed by atoms with Gasteiger partial charge in [-0.2, -0.15) is 0 Å². The quantitative estimate of drug-likeness (QED) is 0.848. The van der Waals surface area contributed by atoms with Crippen molar-refractivity contribution < 1.29 is 4.74 Å². The normalized spacial score (nSPS) is 15.7. The number of benzene rings is 1. The van der Waals surface area contributed by atoms with Crippen LogP contribution < -0.4 is 10.5 Å². The van der Waals surface area contributed by atoms with Crippen LogP contribution in [0.4, 0.5) is 0 Å². The first-order valence-corrected chi connectivity index (χ1v) is 6.09. The maximum atomic E-state index is 5.93. The predicted octanol–water partition coefficient (Wildman–Crippen LogP) is 2.68. The maximum absolute atomic E-state index is 5.93. The largest absolute Gasteiger partial charge is 0.491 e. The summed E-state index contributed by atoms with van der Waals surface area (Å²) >= 11 is 0. The van der Waals surface area contributed by atoms with E-state index in [2.05, 4.69) is 18.2 Å². The van der Waals surface area contributed by atoms with Gasteiger partial charge in [0.1, 0.15) is 12.4 Å². The Labute approximate surface area is 97.8 Å². The van der Waals surface area contributed by atoms with Crippen LogP contribution in [0.1, 0.15) is 37.8 Å². The Bertz CT molecular complexity index is 365. The van der Waals surface area contributed by atoms with Gasteiger partial charge < -0.3 is 10.5 Å². The van der Waals surface area contributed by atoms with Gasteiger partial charge in [0, 0.05) is 5.54 Å². The van der Waals surface area contributed by atoms with Crippen LogP contribution in [-0.2, 0) is 12.8 Å². The first-order valence-electron chi connectivity index (χ1n) is 6.09.